The van der Waals surface area contributed by atoms with Crippen molar-refractivity contribution in [1.29, 1.82) is 5.26 Å². The molecule has 8 nitrogen and oxygen atoms in total. The maximum atomic E-state index is 12.0. The monoisotopic (exact) mass is 318 g/mol. The summed E-state index contributed by atoms with van der Waals surface area (Å²) in [6, 6.07) is 7.33. The van der Waals surface area contributed by atoms with E-state index < -0.39 is 0 Å². The number of aromatic nitrogens is 4. The Morgan fingerprint density at radius 3 is 3.08 bits per heavy atom. The SMILES string of the molecule is N#Cc1ccc2ncc3[nH]c(CC(=O)Nc4cnoc4)nc3c2c1. The van der Waals surface area contributed by atoms with Gasteiger partial charge >= 0.3 is 0 Å². The molecular weight excluding hydrogens is 308 g/mol. The number of H-pyrrole nitrogens is 1. The number of benzene rings is 1. The predicted molar refractivity (Wildman–Crippen MR) is 84.9 cm³/mol. The van der Waals surface area contributed by atoms with Crippen LogP contribution < -0.4 is 5.32 Å². The van der Waals surface area contributed by atoms with E-state index in [1.54, 1.807) is 24.4 Å². The van der Waals surface area contributed by atoms with E-state index in [1.807, 2.05) is 0 Å². The van der Waals surface area contributed by atoms with Crippen LogP contribution >= 0.6 is 0 Å². The van der Waals surface area contributed by atoms with Crippen LogP contribution in [0.4, 0.5) is 5.69 Å². The summed E-state index contributed by atoms with van der Waals surface area (Å²) in [4.78, 5) is 23.9. The molecule has 0 aliphatic carbocycles. The van der Waals surface area contributed by atoms with Crippen LogP contribution in [0.25, 0.3) is 21.9 Å². The third-order valence-electron chi connectivity index (χ3n) is 3.54. The van der Waals surface area contributed by atoms with Crippen LogP contribution in [0.3, 0.4) is 0 Å². The molecule has 1 amide bonds. The minimum absolute atomic E-state index is 0.0687. The third kappa shape index (κ3) is 2.44. The van der Waals surface area contributed by atoms with Crippen LogP contribution in [-0.2, 0) is 11.2 Å². The molecule has 0 atom stereocenters. The van der Waals surface area contributed by atoms with Gasteiger partial charge in [0.05, 0.1) is 47.0 Å². The molecule has 4 rings (SSSR count). The van der Waals surface area contributed by atoms with Gasteiger partial charge in [0.25, 0.3) is 0 Å². The fourth-order valence-corrected chi connectivity index (χ4v) is 2.49. The topological polar surface area (TPSA) is 120 Å². The van der Waals surface area contributed by atoms with Gasteiger partial charge in [-0.2, -0.15) is 5.26 Å². The molecule has 0 saturated heterocycles. The zero-order chi connectivity index (χ0) is 16.5. The highest BCUT2D eigenvalue weighted by Gasteiger charge is 2.12. The summed E-state index contributed by atoms with van der Waals surface area (Å²) in [7, 11) is 0. The molecular formula is C16H10N6O2. The Bertz CT molecular complexity index is 1090. The van der Waals surface area contributed by atoms with E-state index >= 15 is 0 Å². The van der Waals surface area contributed by atoms with Crippen LogP contribution in [0.5, 0.6) is 0 Å². The molecule has 0 radical (unpaired) electrons. The molecule has 116 valence electrons. The molecule has 0 saturated carbocycles. The largest absolute Gasteiger partial charge is 0.363 e. The second kappa shape index (κ2) is 5.48. The van der Waals surface area contributed by atoms with Gasteiger partial charge in [0.1, 0.15) is 17.8 Å². The van der Waals surface area contributed by atoms with E-state index in [0.29, 0.717) is 28.1 Å². The van der Waals surface area contributed by atoms with Crippen LogP contribution in [0.1, 0.15) is 11.4 Å². The normalized spacial score (nSPS) is 10.8. The van der Waals surface area contributed by atoms with Crippen molar-refractivity contribution in [2.45, 2.75) is 6.42 Å². The number of nitrogens with one attached hydrogen (secondary N) is 2. The van der Waals surface area contributed by atoms with Crippen molar-refractivity contribution in [1.82, 2.24) is 20.1 Å². The molecule has 0 aliphatic rings. The number of anilines is 1. The Hall–Kier alpha value is -3.73. The molecule has 0 bridgehead atoms. The van der Waals surface area contributed by atoms with E-state index in [0.717, 1.165) is 10.9 Å². The van der Waals surface area contributed by atoms with Gasteiger partial charge < -0.3 is 14.8 Å². The smallest absolute Gasteiger partial charge is 0.232 e. The van der Waals surface area contributed by atoms with E-state index in [1.165, 1.54) is 12.5 Å². The van der Waals surface area contributed by atoms with Crippen molar-refractivity contribution >= 4 is 33.5 Å². The van der Waals surface area contributed by atoms with Gasteiger partial charge in [-0.3, -0.25) is 9.78 Å². The number of hydrogen-bond donors (Lipinski definition) is 2. The summed E-state index contributed by atoms with van der Waals surface area (Å²) < 4.78 is 4.66. The molecule has 4 aromatic rings. The fraction of sp³-hybridized carbons (Fsp3) is 0.0625. The van der Waals surface area contributed by atoms with Crippen molar-refractivity contribution < 1.29 is 9.32 Å². The van der Waals surface area contributed by atoms with E-state index in [9.17, 15) is 4.79 Å². The zero-order valence-corrected chi connectivity index (χ0v) is 12.3. The molecule has 3 heterocycles. The second-order valence-electron chi connectivity index (χ2n) is 5.19. The van der Waals surface area contributed by atoms with E-state index in [4.69, 9.17) is 5.26 Å². The van der Waals surface area contributed by atoms with Crippen molar-refractivity contribution in [3.8, 4) is 6.07 Å². The molecule has 0 aliphatic heterocycles. The summed E-state index contributed by atoms with van der Waals surface area (Å²) in [5.41, 5.74) is 3.16. The summed E-state index contributed by atoms with van der Waals surface area (Å²) in [6.45, 7) is 0. The van der Waals surface area contributed by atoms with E-state index in [-0.39, 0.29) is 12.3 Å². The number of nitrogens with zero attached hydrogens (tertiary/aromatic N) is 4. The first-order valence-corrected chi connectivity index (χ1v) is 7.09. The highest BCUT2D eigenvalue weighted by Crippen LogP contribution is 2.23. The average Bonchev–Trinajstić information content (AvgIpc) is 3.23. The van der Waals surface area contributed by atoms with Crippen molar-refractivity contribution in [2.75, 3.05) is 5.32 Å². The Kier molecular flexibility index (Phi) is 3.17. The van der Waals surface area contributed by atoms with Crippen molar-refractivity contribution in [3.63, 3.8) is 0 Å². The van der Waals surface area contributed by atoms with Crippen LogP contribution in [-0.4, -0.2) is 26.0 Å². The maximum Gasteiger partial charge on any atom is 0.232 e. The lowest BCUT2D eigenvalue weighted by atomic mass is 10.1. The standard InChI is InChI=1S/C16H10N6O2/c17-5-9-1-2-12-11(3-9)16-13(7-18-12)21-14(22-16)4-15(23)20-10-6-19-24-8-10/h1-3,6-8H,4H2,(H,20,23)(H,21,22). The summed E-state index contributed by atoms with van der Waals surface area (Å²) in [6.07, 6.45) is 4.49. The molecule has 3 aromatic heterocycles. The lowest BCUT2D eigenvalue weighted by Gasteiger charge is -1.98. The number of carbonyl (C=O) groups is 1. The predicted octanol–water partition coefficient (Wildman–Crippen LogP) is 2.15. The number of pyridine rings is 1. The molecule has 1 aromatic carbocycles. The fourth-order valence-electron chi connectivity index (χ4n) is 2.49. The second-order valence-corrected chi connectivity index (χ2v) is 5.19. The first kappa shape index (κ1) is 13.9. The maximum absolute atomic E-state index is 12.0. The minimum Gasteiger partial charge on any atom is -0.363 e. The van der Waals surface area contributed by atoms with Gasteiger partial charge in [-0.25, -0.2) is 4.98 Å². The summed E-state index contributed by atoms with van der Waals surface area (Å²) in [5, 5.41) is 16.0. The number of nitriles is 1. The van der Waals surface area contributed by atoms with Crippen LogP contribution in [0.15, 0.2) is 41.4 Å². The van der Waals surface area contributed by atoms with Gasteiger partial charge in [-0.05, 0) is 18.2 Å². The molecule has 0 unspecified atom stereocenters. The quantitative estimate of drug-likeness (QED) is 0.597. The molecule has 24 heavy (non-hydrogen) atoms. The number of carbonyl (C=O) groups excluding carboxylic acids is 1. The van der Waals surface area contributed by atoms with Gasteiger partial charge in [-0.1, -0.05) is 5.16 Å². The third-order valence-corrected chi connectivity index (χ3v) is 3.54. The van der Waals surface area contributed by atoms with Gasteiger partial charge in [0.2, 0.25) is 5.91 Å². The van der Waals surface area contributed by atoms with E-state index in [2.05, 4.69) is 36.0 Å². The van der Waals surface area contributed by atoms with Crippen molar-refractivity contribution in [2.24, 2.45) is 0 Å². The number of imidazole rings is 1. The average molecular weight is 318 g/mol. The first-order chi connectivity index (χ1) is 11.7. The van der Waals surface area contributed by atoms with Crippen LogP contribution in [0, 0.1) is 11.3 Å². The highest BCUT2D eigenvalue weighted by molar-refractivity contribution is 6.02. The lowest BCUT2D eigenvalue weighted by Crippen LogP contribution is -2.14. The highest BCUT2D eigenvalue weighted by atomic mass is 16.5. The first-order valence-electron chi connectivity index (χ1n) is 7.09. The Morgan fingerprint density at radius 1 is 1.38 bits per heavy atom. The molecule has 0 fully saturated rings. The van der Waals surface area contributed by atoms with Gasteiger partial charge in [0, 0.05) is 5.39 Å². The zero-order valence-electron chi connectivity index (χ0n) is 12.3. The lowest BCUT2D eigenvalue weighted by molar-refractivity contribution is -0.115. The Labute approximate surface area is 135 Å². The number of fused-ring (bicyclic) bond motifs is 3. The Balaban J connectivity index is 1.68. The number of aromatic amines is 1. The molecule has 0 spiro atoms. The van der Waals surface area contributed by atoms with Crippen LogP contribution in [0.2, 0.25) is 0 Å². The summed E-state index contributed by atoms with van der Waals surface area (Å²) >= 11 is 0. The number of rotatable bonds is 3. The Morgan fingerprint density at radius 2 is 2.29 bits per heavy atom. The minimum atomic E-state index is -0.243. The molecule has 8 heteroatoms. The van der Waals surface area contributed by atoms with Crippen molar-refractivity contribution in [3.05, 3.63) is 48.2 Å². The number of amides is 1. The van der Waals surface area contributed by atoms with Gasteiger partial charge in [0.15, 0.2) is 0 Å². The number of hydrogen-bond acceptors (Lipinski definition) is 6. The molecule has 2 N–H and O–H groups in total. The summed E-state index contributed by atoms with van der Waals surface area (Å²) in [5.74, 6) is 0.267. The van der Waals surface area contributed by atoms with Gasteiger partial charge in [-0.15, -0.1) is 0 Å².